The van der Waals surface area contributed by atoms with Gasteiger partial charge in [-0.15, -0.1) is 11.3 Å². The molecule has 27 heavy (non-hydrogen) atoms. The average molecular weight is 400 g/mol. The highest BCUT2D eigenvalue weighted by atomic mass is 32.2. The lowest BCUT2D eigenvalue weighted by Crippen LogP contribution is -2.26. The van der Waals surface area contributed by atoms with Crippen LogP contribution >= 0.6 is 23.1 Å². The Morgan fingerprint density at radius 1 is 1.33 bits per heavy atom. The number of benzene rings is 1. The van der Waals surface area contributed by atoms with Gasteiger partial charge in [0.25, 0.3) is 5.56 Å². The van der Waals surface area contributed by atoms with Crippen molar-refractivity contribution in [3.05, 3.63) is 50.1 Å². The van der Waals surface area contributed by atoms with Gasteiger partial charge in [-0.2, -0.15) is 0 Å². The monoisotopic (exact) mass is 399 g/mol. The van der Waals surface area contributed by atoms with Crippen molar-refractivity contribution in [3.8, 4) is 5.69 Å². The van der Waals surface area contributed by atoms with E-state index in [1.165, 1.54) is 16.6 Å². The van der Waals surface area contributed by atoms with Crippen molar-refractivity contribution in [2.24, 2.45) is 5.73 Å². The van der Waals surface area contributed by atoms with Crippen LogP contribution in [0.5, 0.6) is 0 Å². The SMILES string of the molecule is Cc1ccc(-n2c(SC(C)C(N)=O)nc3sc4c(c3c2=O)CCC4)c(C)c1. The van der Waals surface area contributed by atoms with Crippen LogP contribution in [0.15, 0.2) is 28.2 Å². The quantitative estimate of drug-likeness (QED) is 0.538. The predicted octanol–water partition coefficient (Wildman–Crippen LogP) is 3.52. The Morgan fingerprint density at radius 3 is 2.81 bits per heavy atom. The highest BCUT2D eigenvalue weighted by Gasteiger charge is 2.25. The molecular weight excluding hydrogens is 378 g/mol. The number of amides is 1. The Labute approximate surface area is 165 Å². The van der Waals surface area contributed by atoms with Crippen LogP contribution in [0.4, 0.5) is 0 Å². The number of aromatic nitrogens is 2. The van der Waals surface area contributed by atoms with Gasteiger partial charge in [0.1, 0.15) is 4.83 Å². The van der Waals surface area contributed by atoms with E-state index in [1.54, 1.807) is 22.8 Å². The van der Waals surface area contributed by atoms with E-state index in [2.05, 4.69) is 6.07 Å². The molecule has 0 fully saturated rings. The summed E-state index contributed by atoms with van der Waals surface area (Å²) in [6.07, 6.45) is 3.04. The first-order valence-electron chi connectivity index (χ1n) is 8.97. The van der Waals surface area contributed by atoms with Gasteiger partial charge in [-0.1, -0.05) is 29.5 Å². The van der Waals surface area contributed by atoms with Crippen molar-refractivity contribution < 1.29 is 4.79 Å². The van der Waals surface area contributed by atoms with Crippen molar-refractivity contribution in [2.45, 2.75) is 50.4 Å². The molecule has 0 saturated carbocycles. The fourth-order valence-electron chi connectivity index (χ4n) is 3.59. The van der Waals surface area contributed by atoms with Crippen LogP contribution < -0.4 is 11.3 Å². The van der Waals surface area contributed by atoms with Gasteiger partial charge in [-0.25, -0.2) is 4.98 Å². The fraction of sp³-hybridized carbons (Fsp3) is 0.350. The van der Waals surface area contributed by atoms with Gasteiger partial charge in [0, 0.05) is 4.88 Å². The van der Waals surface area contributed by atoms with Crippen LogP contribution in [0, 0.1) is 13.8 Å². The summed E-state index contributed by atoms with van der Waals surface area (Å²) in [5.41, 5.74) is 9.50. The summed E-state index contributed by atoms with van der Waals surface area (Å²) in [7, 11) is 0. The van der Waals surface area contributed by atoms with Gasteiger partial charge in [-0.05, 0) is 57.2 Å². The van der Waals surface area contributed by atoms with E-state index in [1.807, 2.05) is 26.0 Å². The molecule has 1 aromatic carbocycles. The van der Waals surface area contributed by atoms with Crippen molar-refractivity contribution in [1.29, 1.82) is 0 Å². The molecule has 0 aliphatic heterocycles. The molecule has 2 aromatic heterocycles. The molecule has 2 N–H and O–H groups in total. The molecule has 3 aromatic rings. The van der Waals surface area contributed by atoms with Crippen LogP contribution in [-0.2, 0) is 17.6 Å². The highest BCUT2D eigenvalue weighted by Crippen LogP contribution is 2.36. The third kappa shape index (κ3) is 3.08. The Balaban J connectivity index is 2.02. The molecule has 1 atom stereocenters. The number of nitrogens with zero attached hydrogens (tertiary/aromatic N) is 2. The summed E-state index contributed by atoms with van der Waals surface area (Å²) >= 11 is 2.85. The first-order valence-corrected chi connectivity index (χ1v) is 10.7. The normalized spacial score (nSPS) is 14.5. The van der Waals surface area contributed by atoms with Gasteiger partial charge in [-0.3, -0.25) is 14.2 Å². The highest BCUT2D eigenvalue weighted by molar-refractivity contribution is 8.00. The van der Waals surface area contributed by atoms with Gasteiger partial charge in [0.2, 0.25) is 5.91 Å². The van der Waals surface area contributed by atoms with Gasteiger partial charge in [0.05, 0.1) is 16.3 Å². The first kappa shape index (κ1) is 18.3. The minimum absolute atomic E-state index is 0.0504. The zero-order valence-electron chi connectivity index (χ0n) is 15.5. The molecule has 1 aliphatic carbocycles. The van der Waals surface area contributed by atoms with Crippen molar-refractivity contribution in [3.63, 3.8) is 0 Å². The standard InChI is InChI=1S/C20H21N3O2S2/c1-10-7-8-14(11(2)9-10)23-19(25)16-13-5-4-6-15(13)27-18(16)22-20(23)26-12(3)17(21)24/h7-9,12H,4-6H2,1-3H3,(H2,21,24). The molecule has 1 unspecified atom stereocenters. The first-order chi connectivity index (χ1) is 12.9. The zero-order valence-corrected chi connectivity index (χ0v) is 17.2. The molecule has 1 aliphatic rings. The fourth-order valence-corrected chi connectivity index (χ4v) is 5.76. The maximum absolute atomic E-state index is 13.6. The van der Waals surface area contributed by atoms with Crippen LogP contribution in [0.3, 0.4) is 0 Å². The third-order valence-corrected chi connectivity index (χ3v) is 7.24. The van der Waals surface area contributed by atoms with Gasteiger partial charge < -0.3 is 5.73 Å². The summed E-state index contributed by atoms with van der Waals surface area (Å²) in [6, 6.07) is 5.99. The van der Waals surface area contributed by atoms with E-state index in [0.717, 1.165) is 51.9 Å². The zero-order chi connectivity index (χ0) is 19.3. The molecule has 5 nitrogen and oxygen atoms in total. The maximum Gasteiger partial charge on any atom is 0.267 e. The molecule has 2 heterocycles. The lowest BCUT2D eigenvalue weighted by molar-refractivity contribution is -0.117. The largest absolute Gasteiger partial charge is 0.369 e. The number of thioether (sulfide) groups is 1. The Hall–Kier alpha value is -2.12. The number of aryl methyl sites for hydroxylation is 4. The number of carbonyl (C=O) groups excluding carboxylic acids is 1. The Bertz CT molecular complexity index is 1130. The molecular formula is C20H21N3O2S2. The van der Waals surface area contributed by atoms with E-state index in [4.69, 9.17) is 10.7 Å². The Kier molecular flexibility index (Phi) is 4.60. The third-order valence-electron chi connectivity index (χ3n) is 4.98. The lowest BCUT2D eigenvalue weighted by atomic mass is 10.1. The second kappa shape index (κ2) is 6.80. The lowest BCUT2D eigenvalue weighted by Gasteiger charge is -2.16. The van der Waals surface area contributed by atoms with Crippen LogP contribution in [0.25, 0.3) is 15.9 Å². The summed E-state index contributed by atoms with van der Waals surface area (Å²) < 4.78 is 1.66. The average Bonchev–Trinajstić information content (AvgIpc) is 3.16. The van der Waals surface area contributed by atoms with E-state index in [0.29, 0.717) is 5.16 Å². The molecule has 7 heteroatoms. The number of fused-ring (bicyclic) bond motifs is 3. The number of thiophene rings is 1. The summed E-state index contributed by atoms with van der Waals surface area (Å²) in [6.45, 7) is 5.75. The molecule has 140 valence electrons. The summed E-state index contributed by atoms with van der Waals surface area (Å²) in [5.74, 6) is -0.421. The van der Waals surface area contributed by atoms with Gasteiger partial charge >= 0.3 is 0 Å². The van der Waals surface area contributed by atoms with Crippen molar-refractivity contribution in [1.82, 2.24) is 9.55 Å². The minimum Gasteiger partial charge on any atom is -0.369 e. The second-order valence-corrected chi connectivity index (χ2v) is 9.42. The van der Waals surface area contributed by atoms with E-state index >= 15 is 0 Å². The number of primary amides is 1. The van der Waals surface area contributed by atoms with Crippen LogP contribution in [-0.4, -0.2) is 20.7 Å². The number of carbonyl (C=O) groups is 1. The molecule has 4 rings (SSSR count). The Morgan fingerprint density at radius 2 is 2.11 bits per heavy atom. The molecule has 0 spiro atoms. The van der Waals surface area contributed by atoms with Crippen LogP contribution in [0.1, 0.15) is 34.9 Å². The van der Waals surface area contributed by atoms with Crippen molar-refractivity contribution >= 4 is 39.2 Å². The van der Waals surface area contributed by atoms with E-state index < -0.39 is 11.2 Å². The number of hydrogen-bond donors (Lipinski definition) is 1. The number of nitrogens with two attached hydrogens (primary N) is 1. The van der Waals surface area contributed by atoms with Crippen LogP contribution in [0.2, 0.25) is 0 Å². The van der Waals surface area contributed by atoms with Gasteiger partial charge in [0.15, 0.2) is 5.16 Å². The molecule has 0 saturated heterocycles. The summed E-state index contributed by atoms with van der Waals surface area (Å²) in [5, 5.41) is 0.785. The molecule has 0 bridgehead atoms. The smallest absolute Gasteiger partial charge is 0.267 e. The summed E-state index contributed by atoms with van der Waals surface area (Å²) in [4.78, 5) is 32.0. The molecule has 0 radical (unpaired) electrons. The number of hydrogen-bond acceptors (Lipinski definition) is 5. The number of rotatable bonds is 4. The van der Waals surface area contributed by atoms with E-state index in [-0.39, 0.29) is 5.56 Å². The molecule has 1 amide bonds. The minimum atomic E-state index is -0.474. The maximum atomic E-state index is 13.6. The predicted molar refractivity (Wildman–Crippen MR) is 111 cm³/mol. The topological polar surface area (TPSA) is 78.0 Å². The van der Waals surface area contributed by atoms with E-state index in [9.17, 15) is 9.59 Å². The van der Waals surface area contributed by atoms with Crippen molar-refractivity contribution in [2.75, 3.05) is 0 Å². The second-order valence-electron chi connectivity index (χ2n) is 7.02.